The molecule has 41 heavy (non-hydrogen) atoms. The Morgan fingerprint density at radius 1 is 1.12 bits per heavy atom. The Morgan fingerprint density at radius 2 is 1.76 bits per heavy atom. The maximum absolute atomic E-state index is 15.0. The summed E-state index contributed by atoms with van der Waals surface area (Å²) < 4.78 is 80.2. The van der Waals surface area contributed by atoms with Crippen LogP contribution in [0.3, 0.4) is 0 Å². The third-order valence-corrected chi connectivity index (χ3v) is 5.98. The number of carbonyl (C=O) groups is 1. The smallest absolute Gasteiger partial charge is 0.475 e. The first kappa shape index (κ1) is 31.2. The summed E-state index contributed by atoms with van der Waals surface area (Å²) in [7, 11) is 1.54. The first-order valence-electron chi connectivity index (χ1n) is 11.9. The summed E-state index contributed by atoms with van der Waals surface area (Å²) in [4.78, 5) is 26.1. The van der Waals surface area contributed by atoms with E-state index in [1.54, 1.807) is 42.1 Å². The van der Waals surface area contributed by atoms with Crippen molar-refractivity contribution in [3.63, 3.8) is 0 Å². The number of aryl methyl sites for hydroxylation is 1. The van der Waals surface area contributed by atoms with Crippen LogP contribution in [0.4, 0.5) is 26.3 Å². The second kappa shape index (κ2) is 11.6. The molecule has 14 heteroatoms. The lowest BCUT2D eigenvalue weighted by molar-refractivity contribution is -0.192. The molecule has 0 aliphatic heterocycles. The standard InChI is InChI=1S/C25H25F3N4O2.C2HF3O2/c1-14-5-7-21(34-24(27)28)16(9-14)13-32-20-11-17(19(26)10-18(20)23(33)31(32)4)15-6-8-22(30-12-15)25(2,3)29;3-2(4,5)1(6)7/h5-12,24H,13,29H2,1-4H3;(H,6,7). The highest BCUT2D eigenvalue weighted by Crippen LogP contribution is 2.29. The Hall–Kier alpha value is -4.33. The Morgan fingerprint density at radius 3 is 2.27 bits per heavy atom. The molecule has 0 aliphatic carbocycles. The summed E-state index contributed by atoms with van der Waals surface area (Å²) in [6.45, 7) is 2.56. The van der Waals surface area contributed by atoms with Crippen molar-refractivity contribution >= 4 is 16.9 Å². The highest BCUT2D eigenvalue weighted by molar-refractivity contribution is 5.85. The van der Waals surface area contributed by atoms with Gasteiger partial charge < -0.3 is 15.6 Å². The van der Waals surface area contributed by atoms with Crippen molar-refractivity contribution < 1.29 is 41.0 Å². The average Bonchev–Trinajstić information content (AvgIpc) is 3.08. The van der Waals surface area contributed by atoms with Gasteiger partial charge in [0.05, 0.1) is 28.7 Å². The molecule has 0 radical (unpaired) electrons. The van der Waals surface area contributed by atoms with Crippen molar-refractivity contribution in [1.29, 1.82) is 0 Å². The van der Waals surface area contributed by atoms with Crippen LogP contribution in [0.15, 0.2) is 53.5 Å². The van der Waals surface area contributed by atoms with Gasteiger partial charge in [-0.25, -0.2) is 9.18 Å². The van der Waals surface area contributed by atoms with E-state index in [2.05, 4.69) is 9.72 Å². The number of hydrogen-bond acceptors (Lipinski definition) is 5. The molecule has 220 valence electrons. The van der Waals surface area contributed by atoms with Crippen LogP contribution in [0.1, 0.15) is 30.7 Å². The minimum absolute atomic E-state index is 0.0152. The van der Waals surface area contributed by atoms with E-state index >= 15 is 4.39 Å². The zero-order valence-corrected chi connectivity index (χ0v) is 22.3. The summed E-state index contributed by atoms with van der Waals surface area (Å²) in [5.41, 5.74) is 8.24. The zero-order valence-electron chi connectivity index (χ0n) is 22.3. The fourth-order valence-corrected chi connectivity index (χ4v) is 3.94. The Labute approximate surface area is 229 Å². The van der Waals surface area contributed by atoms with Gasteiger partial charge in [0.25, 0.3) is 5.56 Å². The van der Waals surface area contributed by atoms with E-state index in [0.29, 0.717) is 22.3 Å². The number of pyridine rings is 1. The number of fused-ring (bicyclic) bond motifs is 1. The molecule has 2 heterocycles. The van der Waals surface area contributed by atoms with Gasteiger partial charge in [0.1, 0.15) is 11.6 Å². The minimum Gasteiger partial charge on any atom is -0.475 e. The molecule has 0 unspecified atom stereocenters. The number of carboxylic acids is 1. The van der Waals surface area contributed by atoms with Gasteiger partial charge in [0, 0.05) is 29.9 Å². The number of nitrogens with two attached hydrogens (primary N) is 1. The summed E-state index contributed by atoms with van der Waals surface area (Å²) >= 11 is 0. The SMILES string of the molecule is Cc1ccc(OC(F)F)c(Cn2c3cc(-c4ccc(C(C)(C)N)nc4)c(F)cc3c(=O)n2C)c1.O=C(O)C(F)(F)F. The minimum atomic E-state index is -5.08. The van der Waals surface area contributed by atoms with Gasteiger partial charge in [-0.1, -0.05) is 23.8 Å². The summed E-state index contributed by atoms with van der Waals surface area (Å²) in [5.74, 6) is -3.31. The van der Waals surface area contributed by atoms with Gasteiger partial charge in [-0.2, -0.15) is 22.0 Å². The van der Waals surface area contributed by atoms with Gasteiger partial charge in [0.15, 0.2) is 0 Å². The predicted octanol–water partition coefficient (Wildman–Crippen LogP) is 5.33. The molecule has 0 saturated carbocycles. The van der Waals surface area contributed by atoms with E-state index in [0.717, 1.165) is 5.56 Å². The van der Waals surface area contributed by atoms with Crippen LogP contribution in [-0.4, -0.2) is 38.2 Å². The first-order valence-corrected chi connectivity index (χ1v) is 11.9. The summed E-state index contributed by atoms with van der Waals surface area (Å²) in [6.07, 6.45) is -3.55. The molecule has 8 nitrogen and oxygen atoms in total. The van der Waals surface area contributed by atoms with Gasteiger partial charge in [-0.15, -0.1) is 0 Å². The van der Waals surface area contributed by atoms with Crippen molar-refractivity contribution in [2.75, 3.05) is 0 Å². The lowest BCUT2D eigenvalue weighted by atomic mass is 9.99. The Balaban J connectivity index is 0.000000587. The topological polar surface area (TPSA) is 112 Å². The largest absolute Gasteiger partial charge is 0.490 e. The molecule has 0 bridgehead atoms. The lowest BCUT2D eigenvalue weighted by Gasteiger charge is -2.18. The Kier molecular flexibility index (Phi) is 8.86. The average molecular weight is 585 g/mol. The second-order valence-corrected chi connectivity index (χ2v) is 9.68. The van der Waals surface area contributed by atoms with Gasteiger partial charge in [0.2, 0.25) is 0 Å². The number of nitrogens with zero attached hydrogens (tertiary/aromatic N) is 3. The molecule has 2 aromatic heterocycles. The highest BCUT2D eigenvalue weighted by atomic mass is 19.4. The molecular weight excluding hydrogens is 558 g/mol. The third-order valence-electron chi connectivity index (χ3n) is 5.98. The number of alkyl halides is 5. The molecule has 0 amide bonds. The van der Waals surface area contributed by atoms with Crippen molar-refractivity contribution in [2.45, 2.75) is 45.6 Å². The highest BCUT2D eigenvalue weighted by Gasteiger charge is 2.38. The molecule has 0 saturated heterocycles. The van der Waals surface area contributed by atoms with E-state index in [4.69, 9.17) is 15.6 Å². The van der Waals surface area contributed by atoms with Crippen molar-refractivity contribution in [2.24, 2.45) is 12.8 Å². The number of carboxylic acid groups (broad SMARTS) is 1. The van der Waals surface area contributed by atoms with E-state index in [1.807, 2.05) is 20.8 Å². The monoisotopic (exact) mass is 584 g/mol. The molecule has 0 aliphatic rings. The summed E-state index contributed by atoms with van der Waals surface area (Å²) in [5, 5.41) is 7.31. The number of aliphatic carboxylic acids is 1. The van der Waals surface area contributed by atoms with E-state index < -0.39 is 35.7 Å². The zero-order chi connectivity index (χ0) is 30.9. The normalized spacial score (nSPS) is 11.9. The molecule has 0 atom stereocenters. The van der Waals surface area contributed by atoms with Gasteiger partial charge >= 0.3 is 18.8 Å². The molecular formula is C27H26F6N4O4. The van der Waals surface area contributed by atoms with Gasteiger partial charge in [-0.05, 0) is 45.0 Å². The molecule has 2 aromatic carbocycles. The maximum Gasteiger partial charge on any atom is 0.490 e. The van der Waals surface area contributed by atoms with Crippen molar-refractivity contribution in [3.05, 3.63) is 81.7 Å². The second-order valence-electron chi connectivity index (χ2n) is 9.68. The number of rotatable bonds is 6. The fourth-order valence-electron chi connectivity index (χ4n) is 3.94. The first-order chi connectivity index (χ1) is 18.9. The van der Waals surface area contributed by atoms with Crippen LogP contribution in [0.25, 0.3) is 22.0 Å². The van der Waals surface area contributed by atoms with Crippen LogP contribution in [0.5, 0.6) is 5.75 Å². The Bertz CT molecular complexity index is 1620. The number of halogens is 6. The molecule has 3 N–H and O–H groups in total. The number of benzene rings is 2. The molecule has 4 aromatic rings. The van der Waals surface area contributed by atoms with E-state index in [1.165, 1.54) is 23.0 Å². The van der Waals surface area contributed by atoms with E-state index in [-0.39, 0.29) is 23.2 Å². The molecule has 0 fully saturated rings. The van der Waals surface area contributed by atoms with Crippen LogP contribution >= 0.6 is 0 Å². The van der Waals surface area contributed by atoms with E-state index in [9.17, 15) is 26.7 Å². The third kappa shape index (κ3) is 7.25. The van der Waals surface area contributed by atoms with Crippen LogP contribution in [0, 0.1) is 12.7 Å². The number of aromatic nitrogens is 3. The fraction of sp³-hybridized carbons (Fsp3) is 0.296. The number of ether oxygens (including phenoxy) is 1. The van der Waals surface area contributed by atoms with Crippen molar-refractivity contribution in [3.8, 4) is 16.9 Å². The summed E-state index contributed by atoms with van der Waals surface area (Å²) in [6, 6.07) is 11.1. The predicted molar refractivity (Wildman–Crippen MR) is 138 cm³/mol. The lowest BCUT2D eigenvalue weighted by Crippen LogP contribution is -2.29. The molecule has 4 rings (SSSR count). The van der Waals surface area contributed by atoms with Crippen molar-refractivity contribution in [1.82, 2.24) is 14.3 Å². The van der Waals surface area contributed by atoms with Crippen LogP contribution in [-0.2, 0) is 23.9 Å². The van der Waals surface area contributed by atoms with Gasteiger partial charge in [-0.3, -0.25) is 19.1 Å². The quantitative estimate of drug-likeness (QED) is 0.297. The van der Waals surface area contributed by atoms with Crippen LogP contribution < -0.4 is 16.0 Å². The maximum atomic E-state index is 15.0. The molecule has 0 spiro atoms. The number of hydrogen-bond donors (Lipinski definition) is 2. The van der Waals surface area contributed by atoms with Crippen LogP contribution in [0.2, 0.25) is 0 Å².